The summed E-state index contributed by atoms with van der Waals surface area (Å²) in [5.74, 6) is 1.36. The molecular weight excluding hydrogens is 290 g/mol. The Morgan fingerprint density at radius 2 is 2.00 bits per heavy atom. The number of hydrogen-bond acceptors (Lipinski definition) is 5. The largest absolute Gasteiger partial charge is 0.387 e. The summed E-state index contributed by atoms with van der Waals surface area (Å²) in [5.41, 5.74) is 1.54. The van der Waals surface area contributed by atoms with Gasteiger partial charge in [-0.1, -0.05) is 19.3 Å². The van der Waals surface area contributed by atoms with Crippen molar-refractivity contribution in [2.45, 2.75) is 58.1 Å². The molecule has 1 saturated carbocycles. The van der Waals surface area contributed by atoms with E-state index in [1.54, 1.807) is 11.6 Å². The number of hydrogen-bond donors (Lipinski definition) is 1. The second-order valence-corrected chi connectivity index (χ2v) is 6.43. The highest BCUT2D eigenvalue weighted by Crippen LogP contribution is 2.26. The van der Waals surface area contributed by atoms with Crippen molar-refractivity contribution in [1.82, 2.24) is 19.7 Å². The van der Waals surface area contributed by atoms with Crippen LogP contribution in [-0.2, 0) is 0 Å². The maximum atomic E-state index is 9.98. The van der Waals surface area contributed by atoms with Crippen molar-refractivity contribution in [2.24, 2.45) is 0 Å². The van der Waals surface area contributed by atoms with E-state index < -0.39 is 6.10 Å². The van der Waals surface area contributed by atoms with Gasteiger partial charge in [0.15, 0.2) is 0 Å². The van der Waals surface area contributed by atoms with Crippen molar-refractivity contribution in [3.8, 4) is 5.95 Å². The molecular formula is C17H25N5O. The monoisotopic (exact) mass is 315 g/mol. The zero-order chi connectivity index (χ0) is 16.4. The first-order chi connectivity index (χ1) is 11.0. The molecule has 0 radical (unpaired) electrons. The predicted molar refractivity (Wildman–Crippen MR) is 89.8 cm³/mol. The minimum Gasteiger partial charge on any atom is -0.387 e. The van der Waals surface area contributed by atoms with E-state index in [9.17, 15) is 5.11 Å². The van der Waals surface area contributed by atoms with Crippen LogP contribution in [0.5, 0.6) is 0 Å². The minimum absolute atomic E-state index is 0.507. The quantitative estimate of drug-likeness (QED) is 0.939. The van der Waals surface area contributed by atoms with E-state index in [2.05, 4.69) is 27.0 Å². The van der Waals surface area contributed by atoms with Crippen molar-refractivity contribution in [1.29, 1.82) is 0 Å². The van der Waals surface area contributed by atoms with Gasteiger partial charge in [0.2, 0.25) is 0 Å². The molecule has 6 nitrogen and oxygen atoms in total. The second-order valence-electron chi connectivity index (χ2n) is 6.43. The summed E-state index contributed by atoms with van der Waals surface area (Å²) in [5, 5.41) is 14.4. The van der Waals surface area contributed by atoms with Crippen molar-refractivity contribution in [2.75, 3.05) is 11.9 Å². The van der Waals surface area contributed by atoms with Crippen LogP contribution in [-0.4, -0.2) is 37.9 Å². The second kappa shape index (κ2) is 6.66. The lowest BCUT2D eigenvalue weighted by Crippen LogP contribution is -2.34. The first kappa shape index (κ1) is 15.9. The molecule has 1 aliphatic carbocycles. The Morgan fingerprint density at radius 3 is 2.61 bits per heavy atom. The molecule has 1 fully saturated rings. The average Bonchev–Trinajstić information content (AvgIpc) is 3.01. The van der Waals surface area contributed by atoms with Gasteiger partial charge in [0.05, 0.1) is 17.5 Å². The maximum absolute atomic E-state index is 9.98. The highest BCUT2D eigenvalue weighted by Gasteiger charge is 2.21. The zero-order valence-electron chi connectivity index (χ0n) is 14.1. The number of nitrogens with zero attached hydrogens (tertiary/aromatic N) is 5. The number of aliphatic hydroxyl groups is 1. The summed E-state index contributed by atoms with van der Waals surface area (Å²) in [6.45, 7) is 3.66. The standard InChI is InChI=1S/C17H25N5O/c1-12-9-10-22(20-12)17-18-15(13(2)23)11-16(19-17)21(3)14-7-5-4-6-8-14/h9-11,13-14,23H,4-8H2,1-3H3. The Balaban J connectivity index is 1.96. The van der Waals surface area contributed by atoms with Crippen LogP contribution in [0.3, 0.4) is 0 Å². The molecule has 0 amide bonds. The molecule has 1 N–H and O–H groups in total. The van der Waals surface area contributed by atoms with Crippen LogP contribution in [0.15, 0.2) is 18.3 Å². The van der Waals surface area contributed by atoms with Gasteiger partial charge in [-0.3, -0.25) is 0 Å². The van der Waals surface area contributed by atoms with Crippen LogP contribution in [0.2, 0.25) is 0 Å². The molecule has 124 valence electrons. The summed E-state index contributed by atoms with van der Waals surface area (Å²) >= 11 is 0. The predicted octanol–water partition coefficient (Wildman–Crippen LogP) is 2.79. The molecule has 6 heteroatoms. The Morgan fingerprint density at radius 1 is 1.26 bits per heavy atom. The van der Waals surface area contributed by atoms with E-state index in [-0.39, 0.29) is 0 Å². The average molecular weight is 315 g/mol. The summed E-state index contributed by atoms with van der Waals surface area (Å²) in [7, 11) is 2.09. The number of aryl methyl sites for hydroxylation is 1. The van der Waals surface area contributed by atoms with Crippen LogP contribution in [0, 0.1) is 6.92 Å². The van der Waals surface area contributed by atoms with Gasteiger partial charge in [0.1, 0.15) is 5.82 Å². The lowest BCUT2D eigenvalue weighted by molar-refractivity contribution is 0.194. The van der Waals surface area contributed by atoms with E-state index in [1.807, 2.05) is 25.3 Å². The summed E-state index contributed by atoms with van der Waals surface area (Å²) in [4.78, 5) is 11.4. The van der Waals surface area contributed by atoms with E-state index in [0.717, 1.165) is 11.5 Å². The molecule has 2 aromatic heterocycles. The van der Waals surface area contributed by atoms with E-state index in [0.29, 0.717) is 17.7 Å². The normalized spacial score (nSPS) is 17.2. The van der Waals surface area contributed by atoms with E-state index >= 15 is 0 Å². The molecule has 2 aromatic rings. The number of anilines is 1. The fourth-order valence-electron chi connectivity index (χ4n) is 3.12. The smallest absolute Gasteiger partial charge is 0.252 e. The lowest BCUT2D eigenvalue weighted by Gasteiger charge is -2.32. The maximum Gasteiger partial charge on any atom is 0.252 e. The van der Waals surface area contributed by atoms with Gasteiger partial charge in [-0.15, -0.1) is 0 Å². The van der Waals surface area contributed by atoms with Gasteiger partial charge in [0, 0.05) is 25.4 Å². The van der Waals surface area contributed by atoms with E-state index in [1.165, 1.54) is 32.1 Å². The van der Waals surface area contributed by atoms with Crippen molar-refractivity contribution >= 4 is 5.82 Å². The Hall–Kier alpha value is -1.95. The number of rotatable bonds is 4. The Kier molecular flexibility index (Phi) is 4.61. The fourth-order valence-corrected chi connectivity index (χ4v) is 3.12. The highest BCUT2D eigenvalue weighted by molar-refractivity contribution is 5.43. The van der Waals surface area contributed by atoms with Gasteiger partial charge in [-0.25, -0.2) is 9.67 Å². The molecule has 0 aliphatic heterocycles. The number of aliphatic hydroxyl groups excluding tert-OH is 1. The molecule has 3 rings (SSSR count). The molecule has 0 bridgehead atoms. The van der Waals surface area contributed by atoms with Gasteiger partial charge in [-0.05, 0) is 32.8 Å². The first-order valence-corrected chi connectivity index (χ1v) is 8.37. The first-order valence-electron chi connectivity index (χ1n) is 8.37. The third kappa shape index (κ3) is 3.52. The van der Waals surface area contributed by atoms with Crippen molar-refractivity contribution in [3.63, 3.8) is 0 Å². The minimum atomic E-state index is -0.632. The molecule has 23 heavy (non-hydrogen) atoms. The molecule has 0 spiro atoms. The Labute approximate surface area is 137 Å². The van der Waals surface area contributed by atoms with Crippen LogP contribution >= 0.6 is 0 Å². The van der Waals surface area contributed by atoms with Crippen LogP contribution in [0.25, 0.3) is 5.95 Å². The summed E-state index contributed by atoms with van der Waals surface area (Å²) < 4.78 is 1.67. The summed E-state index contributed by atoms with van der Waals surface area (Å²) in [6.07, 6.45) is 7.47. The van der Waals surface area contributed by atoms with Gasteiger partial charge in [-0.2, -0.15) is 10.1 Å². The van der Waals surface area contributed by atoms with Crippen LogP contribution < -0.4 is 4.90 Å². The lowest BCUT2D eigenvalue weighted by atomic mass is 9.94. The van der Waals surface area contributed by atoms with Crippen molar-refractivity contribution < 1.29 is 5.11 Å². The molecule has 2 heterocycles. The third-order valence-electron chi connectivity index (χ3n) is 4.56. The SMILES string of the molecule is Cc1ccn(-c2nc(C(C)O)cc(N(C)C3CCCCC3)n2)n1. The van der Waals surface area contributed by atoms with Crippen LogP contribution in [0.4, 0.5) is 5.82 Å². The zero-order valence-corrected chi connectivity index (χ0v) is 14.1. The number of aromatic nitrogens is 4. The van der Waals surface area contributed by atoms with Crippen molar-refractivity contribution in [3.05, 3.63) is 29.7 Å². The molecule has 0 aromatic carbocycles. The molecule has 1 aliphatic rings. The van der Waals surface area contributed by atoms with Gasteiger partial charge >= 0.3 is 0 Å². The van der Waals surface area contributed by atoms with Crippen LogP contribution in [0.1, 0.15) is 56.5 Å². The Bertz CT molecular complexity index is 661. The third-order valence-corrected chi connectivity index (χ3v) is 4.56. The van der Waals surface area contributed by atoms with Gasteiger partial charge in [0.25, 0.3) is 5.95 Å². The molecule has 1 unspecified atom stereocenters. The van der Waals surface area contributed by atoms with Gasteiger partial charge < -0.3 is 10.0 Å². The highest BCUT2D eigenvalue weighted by atomic mass is 16.3. The topological polar surface area (TPSA) is 67.1 Å². The fraction of sp³-hybridized carbons (Fsp3) is 0.588. The van der Waals surface area contributed by atoms with E-state index in [4.69, 9.17) is 0 Å². The molecule has 0 saturated heterocycles. The summed E-state index contributed by atoms with van der Waals surface area (Å²) in [6, 6.07) is 4.31. The molecule has 1 atom stereocenters.